The highest BCUT2D eigenvalue weighted by atomic mass is 19.1. The molecule has 5 rings (SSSR count). The number of piperazine rings is 1. The molecule has 7 heteroatoms. The predicted molar refractivity (Wildman–Crippen MR) is 113 cm³/mol. The van der Waals surface area contributed by atoms with Crippen molar-refractivity contribution in [2.45, 2.75) is 25.8 Å². The molecule has 6 nitrogen and oxygen atoms in total. The molecule has 0 radical (unpaired) electrons. The van der Waals surface area contributed by atoms with Crippen LogP contribution in [0.15, 0.2) is 40.9 Å². The van der Waals surface area contributed by atoms with E-state index in [1.165, 1.54) is 17.8 Å². The lowest BCUT2D eigenvalue weighted by Crippen LogP contribution is -2.50. The number of aryl methyl sites for hydroxylation is 1. The fourth-order valence-electron chi connectivity index (χ4n) is 4.35. The van der Waals surface area contributed by atoms with Crippen molar-refractivity contribution in [3.63, 3.8) is 0 Å². The Labute approximate surface area is 174 Å². The van der Waals surface area contributed by atoms with E-state index in [9.17, 15) is 9.18 Å². The maximum Gasteiger partial charge on any atom is 0.241 e. The summed E-state index contributed by atoms with van der Waals surface area (Å²) in [6.45, 7) is 4.39. The zero-order chi connectivity index (χ0) is 20.5. The summed E-state index contributed by atoms with van der Waals surface area (Å²) < 4.78 is 19.1. The van der Waals surface area contributed by atoms with Gasteiger partial charge in [-0.3, -0.25) is 14.7 Å². The number of rotatable bonds is 4. The van der Waals surface area contributed by atoms with Gasteiger partial charge in [-0.1, -0.05) is 0 Å². The molecule has 2 aromatic heterocycles. The Morgan fingerprint density at radius 3 is 2.97 bits per heavy atom. The van der Waals surface area contributed by atoms with Gasteiger partial charge in [0.05, 0.1) is 12.7 Å². The van der Waals surface area contributed by atoms with Gasteiger partial charge in [0.1, 0.15) is 17.2 Å². The number of nitrogens with one attached hydrogen (secondary N) is 1. The van der Waals surface area contributed by atoms with Crippen LogP contribution < -0.4 is 10.2 Å². The maximum atomic E-state index is 13.0. The van der Waals surface area contributed by atoms with Gasteiger partial charge in [0, 0.05) is 67.4 Å². The highest BCUT2D eigenvalue weighted by Gasteiger charge is 2.26. The average Bonchev–Trinajstić information content (AvgIpc) is 2.93. The van der Waals surface area contributed by atoms with Crippen molar-refractivity contribution in [1.29, 1.82) is 0 Å². The molecule has 3 aromatic rings. The van der Waals surface area contributed by atoms with Crippen molar-refractivity contribution in [3.05, 3.63) is 59.4 Å². The van der Waals surface area contributed by atoms with E-state index in [-0.39, 0.29) is 11.7 Å². The van der Waals surface area contributed by atoms with Gasteiger partial charge >= 0.3 is 0 Å². The summed E-state index contributed by atoms with van der Waals surface area (Å²) in [5.74, 6) is 0.823. The van der Waals surface area contributed by atoms with Crippen LogP contribution in [0.4, 0.5) is 10.1 Å². The van der Waals surface area contributed by atoms with Crippen molar-refractivity contribution in [2.24, 2.45) is 0 Å². The number of hydrogen-bond donors (Lipinski definition) is 1. The number of amides is 1. The van der Waals surface area contributed by atoms with E-state index in [0.717, 1.165) is 67.1 Å². The number of furan rings is 1. The third-order valence-corrected chi connectivity index (χ3v) is 6.00. The maximum absolute atomic E-state index is 13.0. The van der Waals surface area contributed by atoms with E-state index in [1.807, 2.05) is 17.0 Å². The van der Waals surface area contributed by atoms with E-state index in [2.05, 4.69) is 21.3 Å². The lowest BCUT2D eigenvalue weighted by atomic mass is 10.1. The number of halogens is 1. The summed E-state index contributed by atoms with van der Waals surface area (Å²) in [6.07, 6.45) is 3.96. The van der Waals surface area contributed by atoms with Crippen LogP contribution >= 0.6 is 0 Å². The third kappa shape index (κ3) is 3.82. The van der Waals surface area contributed by atoms with Crippen molar-refractivity contribution in [3.8, 4) is 0 Å². The monoisotopic (exact) mass is 408 g/mol. The van der Waals surface area contributed by atoms with Crippen molar-refractivity contribution >= 4 is 22.6 Å². The van der Waals surface area contributed by atoms with Gasteiger partial charge in [-0.15, -0.1) is 0 Å². The minimum absolute atomic E-state index is 0.0856. The fourth-order valence-corrected chi connectivity index (χ4v) is 4.35. The molecule has 1 N–H and O–H groups in total. The minimum atomic E-state index is -0.330. The number of carbonyl (C=O) groups is 1. The number of nitrogens with zero attached hydrogens (tertiary/aromatic N) is 3. The average molecular weight is 408 g/mol. The highest BCUT2D eigenvalue weighted by Crippen LogP contribution is 2.31. The Bertz CT molecular complexity index is 1060. The van der Waals surface area contributed by atoms with Crippen LogP contribution in [0.2, 0.25) is 0 Å². The number of hydrogen-bond acceptors (Lipinski definition) is 5. The Morgan fingerprint density at radius 1 is 1.20 bits per heavy atom. The van der Waals surface area contributed by atoms with Crippen molar-refractivity contribution in [1.82, 2.24) is 15.2 Å². The Kier molecular flexibility index (Phi) is 5.23. The number of aromatic nitrogens is 1. The predicted octanol–water partition coefficient (Wildman–Crippen LogP) is 2.89. The van der Waals surface area contributed by atoms with Crippen molar-refractivity contribution in [2.75, 3.05) is 37.6 Å². The van der Waals surface area contributed by atoms with Gasteiger partial charge in [0.25, 0.3) is 0 Å². The summed E-state index contributed by atoms with van der Waals surface area (Å²) in [4.78, 5) is 20.9. The summed E-state index contributed by atoms with van der Waals surface area (Å²) in [5, 5.41) is 4.58. The lowest BCUT2D eigenvalue weighted by molar-refractivity contribution is -0.121. The molecule has 1 fully saturated rings. The van der Waals surface area contributed by atoms with Gasteiger partial charge in [-0.05, 0) is 37.2 Å². The van der Waals surface area contributed by atoms with Crippen molar-refractivity contribution < 1.29 is 13.6 Å². The highest BCUT2D eigenvalue weighted by molar-refractivity contribution is 5.97. The molecule has 0 spiro atoms. The van der Waals surface area contributed by atoms with Gasteiger partial charge in [0.2, 0.25) is 5.91 Å². The number of benzene rings is 1. The van der Waals surface area contributed by atoms with Crippen LogP contribution in [-0.2, 0) is 24.2 Å². The van der Waals surface area contributed by atoms with Gasteiger partial charge in [0.15, 0.2) is 0 Å². The van der Waals surface area contributed by atoms with Crippen LogP contribution in [0.3, 0.4) is 0 Å². The SMILES string of the molecule is O=C1CN(CCc2ccc(F)cn2)CCN1c1ccc2c3c(oc2c1)CCCNC3. The molecule has 0 unspecified atom stereocenters. The lowest BCUT2D eigenvalue weighted by Gasteiger charge is -2.34. The van der Waals surface area contributed by atoms with E-state index in [4.69, 9.17) is 4.42 Å². The minimum Gasteiger partial charge on any atom is -0.461 e. The van der Waals surface area contributed by atoms with E-state index in [1.54, 1.807) is 6.07 Å². The first kappa shape index (κ1) is 19.2. The van der Waals surface area contributed by atoms with Crippen LogP contribution in [0.5, 0.6) is 0 Å². The Balaban J connectivity index is 1.26. The van der Waals surface area contributed by atoms with Crippen LogP contribution in [-0.4, -0.2) is 48.5 Å². The zero-order valence-electron chi connectivity index (χ0n) is 16.9. The van der Waals surface area contributed by atoms with Gasteiger partial charge in [-0.2, -0.15) is 0 Å². The second-order valence-corrected chi connectivity index (χ2v) is 8.00. The van der Waals surface area contributed by atoms with Crippen LogP contribution in [0.25, 0.3) is 11.0 Å². The molecule has 2 aliphatic rings. The second-order valence-electron chi connectivity index (χ2n) is 8.00. The number of anilines is 1. The van der Waals surface area contributed by atoms with Crippen LogP contribution in [0.1, 0.15) is 23.4 Å². The van der Waals surface area contributed by atoms with E-state index in [0.29, 0.717) is 19.5 Å². The molecule has 4 heterocycles. The normalized spacial score (nSPS) is 17.9. The molecule has 0 bridgehead atoms. The summed E-state index contributed by atoms with van der Waals surface area (Å²) in [5.41, 5.74) is 3.84. The van der Waals surface area contributed by atoms with Gasteiger partial charge in [-0.25, -0.2) is 4.39 Å². The molecular formula is C23H25FN4O2. The summed E-state index contributed by atoms with van der Waals surface area (Å²) >= 11 is 0. The zero-order valence-corrected chi connectivity index (χ0v) is 16.9. The second kappa shape index (κ2) is 8.16. The topological polar surface area (TPSA) is 61.6 Å². The smallest absolute Gasteiger partial charge is 0.241 e. The molecular weight excluding hydrogens is 383 g/mol. The number of pyridine rings is 1. The molecule has 0 saturated carbocycles. The molecule has 1 saturated heterocycles. The Morgan fingerprint density at radius 2 is 2.13 bits per heavy atom. The Hall–Kier alpha value is -2.77. The number of carbonyl (C=O) groups excluding carboxylic acids is 1. The quantitative estimate of drug-likeness (QED) is 0.719. The molecule has 0 atom stereocenters. The first-order valence-electron chi connectivity index (χ1n) is 10.6. The molecule has 2 aliphatic heterocycles. The molecule has 1 aromatic carbocycles. The first-order valence-corrected chi connectivity index (χ1v) is 10.6. The molecule has 1 amide bonds. The number of fused-ring (bicyclic) bond motifs is 3. The first-order chi connectivity index (χ1) is 14.7. The largest absolute Gasteiger partial charge is 0.461 e. The van der Waals surface area contributed by atoms with E-state index < -0.39 is 0 Å². The third-order valence-electron chi connectivity index (χ3n) is 6.00. The van der Waals surface area contributed by atoms with Gasteiger partial charge < -0.3 is 14.6 Å². The fraction of sp³-hybridized carbons (Fsp3) is 0.391. The molecule has 156 valence electrons. The van der Waals surface area contributed by atoms with E-state index >= 15 is 0 Å². The standard InChI is InChI=1S/C23H25FN4O2/c24-16-3-4-17(26-13-16)7-9-27-10-11-28(23(29)15-27)18-5-6-19-20-14-25-8-1-2-21(20)30-22(19)12-18/h3-6,12-13,25H,1-2,7-11,14-15H2. The molecule has 30 heavy (non-hydrogen) atoms. The summed E-state index contributed by atoms with van der Waals surface area (Å²) in [7, 11) is 0. The molecule has 0 aliphatic carbocycles. The van der Waals surface area contributed by atoms with Crippen LogP contribution in [0, 0.1) is 5.82 Å². The summed E-state index contributed by atoms with van der Waals surface area (Å²) in [6, 6.07) is 9.23.